The molecule has 2 nitrogen and oxygen atoms in total. The van der Waals surface area contributed by atoms with Crippen molar-refractivity contribution < 1.29 is 17.2 Å². The smallest absolute Gasteiger partial charge is 0.258 e. The third-order valence-corrected chi connectivity index (χ3v) is 11.3. The summed E-state index contributed by atoms with van der Waals surface area (Å²) < 4.78 is 0.608. The number of rotatable bonds is 8. The summed E-state index contributed by atoms with van der Waals surface area (Å²) in [5.41, 5.74) is 1.36. The highest BCUT2D eigenvalue weighted by molar-refractivity contribution is 8.06. The molecule has 0 atom stereocenters. The second-order valence-corrected chi connectivity index (χ2v) is 12.8. The van der Waals surface area contributed by atoms with Crippen molar-refractivity contribution in [2.45, 2.75) is 6.92 Å². The first-order valence-electron chi connectivity index (χ1n) is 11.1. The number of hydrogen-bond donors (Lipinski definition) is 1. The molecule has 35 heavy (non-hydrogen) atoms. The molecule has 1 N–H and O–H groups in total. The molecule has 0 fully saturated rings. The van der Waals surface area contributed by atoms with Crippen molar-refractivity contribution in [1.29, 1.82) is 0 Å². The minimum absolute atomic E-state index is 0. The second kappa shape index (κ2) is 13.0. The first-order chi connectivity index (χ1) is 16.7. The van der Waals surface area contributed by atoms with Gasteiger partial charge in [0, 0.05) is 5.56 Å². The van der Waals surface area contributed by atoms with Crippen LogP contribution in [-0.4, -0.2) is 11.7 Å². The van der Waals surface area contributed by atoms with E-state index in [9.17, 15) is 4.79 Å². The zero-order valence-corrected chi connectivity index (χ0v) is 22.5. The Morgan fingerprint density at radius 3 is 1.46 bits per heavy atom. The monoisotopic (exact) mass is 537 g/mol. The third kappa shape index (κ3) is 5.82. The number of thioether (sulfide) groups is 1. The number of amides is 1. The minimum Gasteiger partial charge on any atom is -1.00 e. The molecule has 0 saturated carbocycles. The molecule has 0 saturated heterocycles. The molecule has 0 aliphatic heterocycles. The number of nitrogens with one attached hydrogen (secondary N) is 1. The molecular weight excluding hydrogens is 512 g/mol. The van der Waals surface area contributed by atoms with E-state index in [1.54, 1.807) is 11.8 Å². The average Bonchev–Trinajstić information content (AvgIpc) is 2.91. The van der Waals surface area contributed by atoms with Crippen molar-refractivity contribution in [1.82, 2.24) is 5.32 Å². The van der Waals surface area contributed by atoms with Crippen LogP contribution in [-0.2, 0) is 0 Å². The Morgan fingerprint density at radius 2 is 1.09 bits per heavy atom. The third-order valence-electron chi connectivity index (χ3n) is 5.49. The summed E-state index contributed by atoms with van der Waals surface area (Å²) in [5, 5.41) is 6.68. The highest BCUT2D eigenvalue weighted by Crippen LogP contribution is 2.63. The maximum Gasteiger partial charge on any atom is 0.258 e. The van der Waals surface area contributed by atoms with Gasteiger partial charge in [-0.2, -0.15) is 0 Å². The fraction of sp³-hybridized carbons (Fsp3) is 0.0690. The Bertz CT molecular complexity index is 1160. The predicted octanol–water partition coefficient (Wildman–Crippen LogP) is 3.53. The molecule has 1 amide bonds. The summed E-state index contributed by atoms with van der Waals surface area (Å²) in [6.07, 6.45) is 0. The molecule has 0 aliphatic rings. The van der Waals surface area contributed by atoms with E-state index in [-0.39, 0.29) is 18.3 Å². The van der Waals surface area contributed by atoms with Crippen LogP contribution in [0.1, 0.15) is 17.3 Å². The van der Waals surface area contributed by atoms with Crippen LogP contribution in [0.2, 0.25) is 0 Å². The van der Waals surface area contributed by atoms with Crippen LogP contribution in [0.25, 0.3) is 0 Å². The Balaban J connectivity index is 0.00000342. The van der Waals surface area contributed by atoms with E-state index in [0.29, 0.717) is 9.93 Å². The molecule has 0 heterocycles. The quantitative estimate of drug-likeness (QED) is 0.348. The summed E-state index contributed by atoms with van der Waals surface area (Å²) in [6, 6.07) is 40.5. The maximum absolute atomic E-state index is 13.5. The molecule has 178 valence electrons. The first-order valence-corrected chi connectivity index (χ1v) is 14.3. The van der Waals surface area contributed by atoms with Gasteiger partial charge in [0.1, 0.15) is 20.3 Å². The van der Waals surface area contributed by atoms with Crippen LogP contribution < -0.4 is 33.6 Å². The van der Waals surface area contributed by atoms with Crippen LogP contribution in [0.15, 0.2) is 131 Å². The van der Waals surface area contributed by atoms with E-state index >= 15 is 0 Å². The number of halogens is 2. The molecule has 0 spiro atoms. The first kappa shape index (κ1) is 27.0. The second-order valence-electron chi connectivity index (χ2n) is 7.55. The van der Waals surface area contributed by atoms with Gasteiger partial charge in [0.25, 0.3) is 5.91 Å². The van der Waals surface area contributed by atoms with Crippen molar-refractivity contribution in [2.75, 3.05) is 5.75 Å². The molecule has 0 bridgehead atoms. The molecule has 0 radical (unpaired) electrons. The van der Waals surface area contributed by atoms with E-state index in [2.05, 4.69) is 48.6 Å². The van der Waals surface area contributed by atoms with Crippen molar-refractivity contribution in [3.63, 3.8) is 0 Å². The molecule has 6 heteroatoms. The van der Waals surface area contributed by atoms with Crippen molar-refractivity contribution in [3.8, 4) is 0 Å². The lowest BCUT2D eigenvalue weighted by Gasteiger charge is -2.30. The zero-order valence-electron chi connectivity index (χ0n) is 19.3. The standard InChI is InChI=1S/C29H25ClNOPS.ClH/c1-2-34-27(30)29(31-28(32)23-15-7-3-8-16-23)33(24-17-9-4-10-18-24,25-19-11-5-12-20-25)26-21-13-6-14-22-26;/h3-22H,2H2,1H3;1H. The molecule has 0 unspecified atom stereocenters. The SMILES string of the molecule is CCSC(Cl)=C(NC(=O)c1ccccc1)[P+](c1ccccc1)(c1ccccc1)c1ccccc1.[Cl-]. The van der Waals surface area contributed by atoms with Gasteiger partial charge in [-0.25, -0.2) is 0 Å². The van der Waals surface area contributed by atoms with Gasteiger partial charge in [-0.05, 0) is 54.3 Å². The summed E-state index contributed by atoms with van der Waals surface area (Å²) in [5.74, 6) is 0.625. The van der Waals surface area contributed by atoms with Crippen molar-refractivity contribution in [2.24, 2.45) is 0 Å². The lowest BCUT2D eigenvalue weighted by Crippen LogP contribution is -3.00. The van der Waals surface area contributed by atoms with Gasteiger partial charge >= 0.3 is 0 Å². The van der Waals surface area contributed by atoms with Crippen LogP contribution in [0.5, 0.6) is 0 Å². The van der Waals surface area contributed by atoms with Crippen LogP contribution in [0, 0.1) is 0 Å². The average molecular weight is 538 g/mol. The number of benzene rings is 4. The highest BCUT2D eigenvalue weighted by Gasteiger charge is 2.52. The van der Waals surface area contributed by atoms with Gasteiger partial charge in [0.2, 0.25) is 5.44 Å². The van der Waals surface area contributed by atoms with Gasteiger partial charge in [-0.1, -0.05) is 91.3 Å². The molecular formula is C29H26Cl2NOPS. The Morgan fingerprint density at radius 1 is 0.714 bits per heavy atom. The lowest BCUT2D eigenvalue weighted by molar-refractivity contribution is -0.0000147. The summed E-state index contributed by atoms with van der Waals surface area (Å²) in [7, 11) is -2.53. The lowest BCUT2D eigenvalue weighted by atomic mass is 10.2. The van der Waals surface area contributed by atoms with Gasteiger partial charge in [0.15, 0.2) is 7.26 Å². The fourth-order valence-corrected chi connectivity index (χ4v) is 9.88. The summed E-state index contributed by atoms with van der Waals surface area (Å²) in [6.45, 7) is 2.07. The van der Waals surface area contributed by atoms with E-state index in [4.69, 9.17) is 11.6 Å². The normalized spacial score (nSPS) is 11.7. The Labute approximate surface area is 223 Å². The van der Waals surface area contributed by atoms with Crippen LogP contribution in [0.4, 0.5) is 0 Å². The van der Waals surface area contributed by atoms with Gasteiger partial charge < -0.3 is 12.4 Å². The van der Waals surface area contributed by atoms with E-state index in [1.807, 2.05) is 84.9 Å². The van der Waals surface area contributed by atoms with Crippen molar-refractivity contribution in [3.05, 3.63) is 137 Å². The molecule has 0 aliphatic carbocycles. The van der Waals surface area contributed by atoms with Crippen LogP contribution >= 0.6 is 30.6 Å². The summed E-state index contributed by atoms with van der Waals surface area (Å²) in [4.78, 5) is 13.5. The molecule has 4 rings (SSSR count). The van der Waals surface area contributed by atoms with Crippen LogP contribution in [0.3, 0.4) is 0 Å². The van der Waals surface area contributed by atoms with Gasteiger partial charge in [-0.15, -0.1) is 11.8 Å². The molecule has 4 aromatic carbocycles. The minimum atomic E-state index is -2.53. The zero-order chi connectivity index (χ0) is 23.8. The number of carbonyl (C=O) groups is 1. The van der Waals surface area contributed by atoms with Crippen molar-refractivity contribution >= 4 is 52.4 Å². The van der Waals surface area contributed by atoms with E-state index < -0.39 is 7.26 Å². The van der Waals surface area contributed by atoms with Gasteiger partial charge in [-0.3, -0.25) is 10.1 Å². The number of carbonyl (C=O) groups excluding carboxylic acids is 1. The van der Waals surface area contributed by atoms with E-state index in [1.165, 1.54) is 0 Å². The highest BCUT2D eigenvalue weighted by atomic mass is 35.5. The van der Waals surface area contributed by atoms with Gasteiger partial charge in [0.05, 0.1) is 0 Å². The predicted molar refractivity (Wildman–Crippen MR) is 150 cm³/mol. The molecule has 4 aromatic rings. The maximum atomic E-state index is 13.5. The fourth-order valence-electron chi connectivity index (χ4n) is 4.02. The Kier molecular flexibility index (Phi) is 10.0. The Hall–Kier alpha value is -2.55. The topological polar surface area (TPSA) is 29.1 Å². The number of hydrogen-bond acceptors (Lipinski definition) is 2. The summed E-state index contributed by atoms with van der Waals surface area (Å²) >= 11 is 8.61. The van der Waals surface area contributed by atoms with E-state index in [0.717, 1.165) is 27.1 Å². The molecule has 0 aromatic heterocycles. The largest absolute Gasteiger partial charge is 1.00 e.